The van der Waals surface area contributed by atoms with Crippen LogP contribution in [0.3, 0.4) is 0 Å². The lowest BCUT2D eigenvalue weighted by atomic mass is 10.1. The maximum atomic E-state index is 13.5. The summed E-state index contributed by atoms with van der Waals surface area (Å²) >= 11 is 0. The van der Waals surface area contributed by atoms with Gasteiger partial charge in [0.05, 0.1) is 5.69 Å². The first-order chi connectivity index (χ1) is 15.7. The Hall–Kier alpha value is -2.36. The van der Waals surface area contributed by atoms with Crippen LogP contribution in [-0.4, -0.2) is 61.4 Å². The third kappa shape index (κ3) is 4.41. The normalized spacial score (nSPS) is 18.1. The van der Waals surface area contributed by atoms with Gasteiger partial charge in [-0.3, -0.25) is 19.1 Å². The van der Waals surface area contributed by atoms with Gasteiger partial charge in [-0.05, 0) is 46.5 Å². The Morgan fingerprint density at radius 3 is 2.33 bits per heavy atom. The second-order valence-electron chi connectivity index (χ2n) is 9.06. The van der Waals surface area contributed by atoms with E-state index < -0.39 is 17.9 Å². The van der Waals surface area contributed by atoms with Gasteiger partial charge in [-0.25, -0.2) is 0 Å². The van der Waals surface area contributed by atoms with Crippen molar-refractivity contribution in [3.63, 3.8) is 0 Å². The highest BCUT2D eigenvalue weighted by atomic mass is 19.4. The first-order valence-corrected chi connectivity index (χ1v) is 11.9. The number of aryl methyl sites for hydroxylation is 2. The van der Waals surface area contributed by atoms with Crippen LogP contribution in [0.4, 0.5) is 13.2 Å². The largest absolute Gasteiger partial charge is 0.435 e. The molecule has 33 heavy (non-hydrogen) atoms. The van der Waals surface area contributed by atoms with Gasteiger partial charge in [-0.2, -0.15) is 23.4 Å². The molecule has 2 aromatic heterocycles. The van der Waals surface area contributed by atoms with E-state index in [1.54, 1.807) is 4.90 Å². The number of hydrogen-bond donors (Lipinski definition) is 0. The Morgan fingerprint density at radius 1 is 1.06 bits per heavy atom. The van der Waals surface area contributed by atoms with Crippen LogP contribution in [0, 0.1) is 13.8 Å². The van der Waals surface area contributed by atoms with Crippen molar-refractivity contribution < 1.29 is 18.0 Å². The molecule has 7 nitrogen and oxygen atoms in total. The van der Waals surface area contributed by atoms with Gasteiger partial charge >= 0.3 is 6.18 Å². The smallest absolute Gasteiger partial charge is 0.338 e. The molecule has 1 aliphatic carbocycles. The van der Waals surface area contributed by atoms with Crippen LogP contribution in [0.15, 0.2) is 0 Å². The number of halogens is 3. The van der Waals surface area contributed by atoms with E-state index in [9.17, 15) is 18.0 Å². The summed E-state index contributed by atoms with van der Waals surface area (Å²) in [5.74, 6) is -0.130. The predicted octanol–water partition coefficient (Wildman–Crippen LogP) is 3.52. The van der Waals surface area contributed by atoms with E-state index in [4.69, 9.17) is 0 Å². The molecule has 1 aliphatic heterocycles. The molecule has 0 radical (unpaired) electrons. The summed E-state index contributed by atoms with van der Waals surface area (Å²) in [5.41, 5.74) is 3.48. The minimum atomic E-state index is -4.49. The Balaban J connectivity index is 1.45. The highest BCUT2D eigenvalue weighted by molar-refractivity contribution is 5.80. The van der Waals surface area contributed by atoms with E-state index in [-0.39, 0.29) is 11.5 Å². The quantitative estimate of drug-likeness (QED) is 0.654. The minimum Gasteiger partial charge on any atom is -0.338 e. The predicted molar refractivity (Wildman–Crippen MR) is 118 cm³/mol. The van der Waals surface area contributed by atoms with Crippen LogP contribution < -0.4 is 0 Å². The molecule has 0 aromatic carbocycles. The molecule has 3 heterocycles. The fourth-order valence-corrected chi connectivity index (χ4v) is 5.23. The Labute approximate surface area is 192 Å². The van der Waals surface area contributed by atoms with Crippen molar-refractivity contribution in [1.82, 2.24) is 29.4 Å². The monoisotopic (exact) mass is 466 g/mol. The topological polar surface area (TPSA) is 59.2 Å². The molecule has 2 aliphatic rings. The molecule has 0 saturated carbocycles. The van der Waals surface area contributed by atoms with Crippen LogP contribution >= 0.6 is 0 Å². The van der Waals surface area contributed by atoms with E-state index in [0.717, 1.165) is 31.9 Å². The average Bonchev–Trinajstić information content (AvgIpc) is 3.45. The summed E-state index contributed by atoms with van der Waals surface area (Å²) in [5, 5.41) is 8.50. The second-order valence-corrected chi connectivity index (χ2v) is 9.06. The van der Waals surface area contributed by atoms with Crippen molar-refractivity contribution in [2.75, 3.05) is 26.2 Å². The van der Waals surface area contributed by atoms with Crippen LogP contribution in [0.2, 0.25) is 0 Å². The van der Waals surface area contributed by atoms with Crippen LogP contribution in [0.5, 0.6) is 0 Å². The molecule has 2 aromatic rings. The van der Waals surface area contributed by atoms with E-state index in [0.29, 0.717) is 44.5 Å². The molecular weight excluding hydrogens is 433 g/mol. The fourth-order valence-electron chi connectivity index (χ4n) is 5.23. The van der Waals surface area contributed by atoms with Gasteiger partial charge in [0.25, 0.3) is 0 Å². The molecule has 1 saturated heterocycles. The number of fused-ring (bicyclic) bond motifs is 1. The lowest BCUT2D eigenvalue weighted by Crippen LogP contribution is -2.50. The van der Waals surface area contributed by atoms with Gasteiger partial charge in [0, 0.05) is 61.8 Å². The average molecular weight is 467 g/mol. The summed E-state index contributed by atoms with van der Waals surface area (Å²) < 4.78 is 43.9. The summed E-state index contributed by atoms with van der Waals surface area (Å²) in [7, 11) is 0. The van der Waals surface area contributed by atoms with Crippen LogP contribution in [-0.2, 0) is 36.9 Å². The number of hydrogen-bond acceptors (Lipinski definition) is 4. The number of piperazine rings is 1. The zero-order valence-corrected chi connectivity index (χ0v) is 19.9. The summed E-state index contributed by atoms with van der Waals surface area (Å²) in [6, 6.07) is -0.688. The first kappa shape index (κ1) is 23.8. The van der Waals surface area contributed by atoms with Crippen LogP contribution in [0.25, 0.3) is 0 Å². The number of rotatable bonds is 6. The van der Waals surface area contributed by atoms with Crippen molar-refractivity contribution in [3.05, 3.63) is 33.9 Å². The van der Waals surface area contributed by atoms with Gasteiger partial charge < -0.3 is 4.90 Å². The first-order valence-electron chi connectivity index (χ1n) is 11.9. The van der Waals surface area contributed by atoms with Crippen molar-refractivity contribution in [2.24, 2.45) is 0 Å². The molecule has 0 bridgehead atoms. The van der Waals surface area contributed by atoms with Gasteiger partial charge in [0.1, 0.15) is 6.04 Å². The molecule has 4 rings (SSSR count). The zero-order chi connectivity index (χ0) is 23.9. The molecule has 1 unspecified atom stereocenters. The number of aromatic nitrogens is 4. The fraction of sp³-hybridized carbons (Fsp3) is 0.696. The van der Waals surface area contributed by atoms with Crippen LogP contribution in [0.1, 0.15) is 66.6 Å². The number of alkyl halides is 3. The van der Waals surface area contributed by atoms with Crippen molar-refractivity contribution in [3.8, 4) is 0 Å². The molecular formula is C23H33F3N6O. The van der Waals surface area contributed by atoms with Crippen molar-refractivity contribution >= 4 is 5.91 Å². The highest BCUT2D eigenvalue weighted by Gasteiger charge is 2.42. The number of nitrogens with zero attached hydrogens (tertiary/aromatic N) is 6. The molecule has 0 spiro atoms. The lowest BCUT2D eigenvalue weighted by molar-refractivity contribution is -0.143. The van der Waals surface area contributed by atoms with Gasteiger partial charge in [0.15, 0.2) is 5.69 Å². The number of amides is 1. The lowest BCUT2D eigenvalue weighted by Gasteiger charge is -2.36. The standard InChI is InChI=1S/C23H33F3N6O/c1-5-19(32-20-9-7-8-17(20)21(28-32)23(24,25)26)22(33)30-12-10-29(11-13-30)14-18-15(3)27-31(6-2)16(18)4/h19H,5-14H2,1-4H3. The Bertz CT molecular complexity index is 1020. The van der Waals surface area contributed by atoms with E-state index in [1.807, 2.05) is 18.5 Å². The third-order valence-electron chi connectivity index (χ3n) is 7.09. The third-order valence-corrected chi connectivity index (χ3v) is 7.09. The number of carbonyl (C=O) groups is 1. The highest BCUT2D eigenvalue weighted by Crippen LogP contribution is 2.38. The molecule has 10 heteroatoms. The van der Waals surface area contributed by atoms with Gasteiger partial charge in [-0.1, -0.05) is 6.92 Å². The number of carbonyl (C=O) groups excluding carboxylic acids is 1. The zero-order valence-electron chi connectivity index (χ0n) is 19.9. The Morgan fingerprint density at radius 2 is 1.76 bits per heavy atom. The minimum absolute atomic E-state index is 0.130. The van der Waals surface area contributed by atoms with Crippen molar-refractivity contribution in [2.45, 2.75) is 78.7 Å². The maximum Gasteiger partial charge on any atom is 0.435 e. The molecule has 1 fully saturated rings. The van der Waals surface area contributed by atoms with Crippen molar-refractivity contribution in [1.29, 1.82) is 0 Å². The van der Waals surface area contributed by atoms with Gasteiger partial charge in [-0.15, -0.1) is 0 Å². The summed E-state index contributed by atoms with van der Waals surface area (Å²) in [6.07, 6.45) is -2.48. The molecule has 0 N–H and O–H groups in total. The van der Waals surface area contributed by atoms with E-state index >= 15 is 0 Å². The SMILES string of the molecule is CCC(C(=O)N1CCN(Cc2c(C)nn(CC)c2C)CC1)n1nc(C(F)(F)F)c2c1CCC2. The molecule has 1 amide bonds. The molecule has 182 valence electrons. The maximum absolute atomic E-state index is 13.5. The molecule has 1 atom stereocenters. The van der Waals surface area contributed by atoms with E-state index in [2.05, 4.69) is 28.9 Å². The second kappa shape index (κ2) is 9.12. The summed E-state index contributed by atoms with van der Waals surface area (Å²) in [6.45, 7) is 12.2. The summed E-state index contributed by atoms with van der Waals surface area (Å²) in [4.78, 5) is 17.5. The Kier molecular flexibility index (Phi) is 6.57. The van der Waals surface area contributed by atoms with E-state index in [1.165, 1.54) is 15.9 Å². The van der Waals surface area contributed by atoms with Gasteiger partial charge in [0.2, 0.25) is 5.91 Å².